The summed E-state index contributed by atoms with van der Waals surface area (Å²) >= 11 is 0. The van der Waals surface area contributed by atoms with Crippen molar-refractivity contribution in [3.8, 4) is 11.6 Å². The van der Waals surface area contributed by atoms with E-state index in [0.717, 1.165) is 35.7 Å². The Morgan fingerprint density at radius 2 is 2.10 bits per heavy atom. The molecule has 0 bridgehead atoms. The van der Waals surface area contributed by atoms with E-state index in [1.807, 2.05) is 31.2 Å². The van der Waals surface area contributed by atoms with Crippen LogP contribution in [-0.4, -0.2) is 23.6 Å². The molecule has 0 atom stereocenters. The molecule has 0 saturated carbocycles. The number of ether oxygens (including phenoxy) is 2. The van der Waals surface area contributed by atoms with Crippen LogP contribution >= 0.6 is 0 Å². The van der Waals surface area contributed by atoms with Crippen LogP contribution in [0.3, 0.4) is 0 Å². The summed E-state index contributed by atoms with van der Waals surface area (Å²) in [5.74, 6) is 2.13. The summed E-state index contributed by atoms with van der Waals surface area (Å²) < 4.78 is 11.0. The fourth-order valence-electron chi connectivity index (χ4n) is 1.94. The molecule has 0 radical (unpaired) electrons. The van der Waals surface area contributed by atoms with Gasteiger partial charge in [-0.2, -0.15) is 0 Å². The Kier molecular flexibility index (Phi) is 5.51. The van der Waals surface area contributed by atoms with Crippen molar-refractivity contribution in [3.05, 3.63) is 41.7 Å². The Balaban J connectivity index is 2.17. The number of hydrogen-bond donors (Lipinski definition) is 1. The van der Waals surface area contributed by atoms with E-state index in [4.69, 9.17) is 9.47 Å². The Morgan fingerprint density at radius 3 is 2.86 bits per heavy atom. The molecule has 0 fully saturated rings. The van der Waals surface area contributed by atoms with Crippen molar-refractivity contribution in [2.24, 2.45) is 0 Å². The zero-order valence-electron chi connectivity index (χ0n) is 12.7. The van der Waals surface area contributed by atoms with Crippen LogP contribution in [0.1, 0.15) is 24.5 Å². The zero-order chi connectivity index (χ0) is 15.1. The lowest BCUT2D eigenvalue weighted by Crippen LogP contribution is -2.05. The Bertz CT molecular complexity index is 587. The van der Waals surface area contributed by atoms with Gasteiger partial charge in [-0.3, -0.25) is 0 Å². The van der Waals surface area contributed by atoms with Gasteiger partial charge in [0.1, 0.15) is 17.9 Å². The normalized spacial score (nSPS) is 10.4. The molecular formula is C16H21N3O2. The average molecular weight is 287 g/mol. The first-order valence-electron chi connectivity index (χ1n) is 7.05. The van der Waals surface area contributed by atoms with Gasteiger partial charge in [-0.1, -0.05) is 19.1 Å². The SMILES string of the molecule is CCCNc1ncnc(Oc2cccc(COC)c2)c1C. The summed E-state index contributed by atoms with van der Waals surface area (Å²) in [5, 5.41) is 3.27. The third kappa shape index (κ3) is 4.16. The van der Waals surface area contributed by atoms with Gasteiger partial charge in [-0.25, -0.2) is 9.97 Å². The largest absolute Gasteiger partial charge is 0.439 e. The Labute approximate surface area is 125 Å². The van der Waals surface area contributed by atoms with Crippen molar-refractivity contribution < 1.29 is 9.47 Å². The van der Waals surface area contributed by atoms with Gasteiger partial charge < -0.3 is 14.8 Å². The lowest BCUT2D eigenvalue weighted by Gasteiger charge is -2.12. The molecule has 2 aromatic rings. The highest BCUT2D eigenvalue weighted by molar-refractivity contribution is 5.48. The molecule has 112 valence electrons. The molecule has 0 aliphatic heterocycles. The predicted molar refractivity (Wildman–Crippen MR) is 82.8 cm³/mol. The first-order chi connectivity index (χ1) is 10.2. The highest BCUT2D eigenvalue weighted by atomic mass is 16.5. The first-order valence-corrected chi connectivity index (χ1v) is 7.05. The molecule has 0 unspecified atom stereocenters. The second-order valence-electron chi connectivity index (χ2n) is 4.76. The van der Waals surface area contributed by atoms with E-state index < -0.39 is 0 Å². The van der Waals surface area contributed by atoms with Gasteiger partial charge in [0.05, 0.1) is 12.2 Å². The van der Waals surface area contributed by atoms with Crippen LogP contribution in [0, 0.1) is 6.92 Å². The standard InChI is InChI=1S/C16H21N3O2/c1-4-8-17-15-12(2)16(19-11-18-15)21-14-7-5-6-13(9-14)10-20-3/h5-7,9,11H,4,8,10H2,1-3H3,(H,17,18,19). The Morgan fingerprint density at radius 1 is 1.24 bits per heavy atom. The second kappa shape index (κ2) is 7.59. The van der Waals surface area contributed by atoms with Crippen molar-refractivity contribution in [1.29, 1.82) is 0 Å². The molecule has 0 spiro atoms. The van der Waals surface area contributed by atoms with Crippen molar-refractivity contribution in [2.45, 2.75) is 26.9 Å². The maximum absolute atomic E-state index is 5.87. The quantitative estimate of drug-likeness (QED) is 0.844. The summed E-state index contributed by atoms with van der Waals surface area (Å²) in [7, 11) is 1.67. The fourth-order valence-corrected chi connectivity index (χ4v) is 1.94. The molecule has 2 rings (SSSR count). The number of benzene rings is 1. The van der Waals surface area contributed by atoms with Gasteiger partial charge in [0.25, 0.3) is 0 Å². The minimum atomic E-state index is 0.559. The lowest BCUT2D eigenvalue weighted by atomic mass is 10.2. The molecule has 0 aliphatic carbocycles. The molecule has 1 N–H and O–H groups in total. The highest BCUT2D eigenvalue weighted by Gasteiger charge is 2.09. The van der Waals surface area contributed by atoms with Crippen LogP contribution in [0.15, 0.2) is 30.6 Å². The van der Waals surface area contributed by atoms with Gasteiger partial charge in [-0.05, 0) is 31.0 Å². The summed E-state index contributed by atoms with van der Waals surface area (Å²) in [6.07, 6.45) is 2.55. The molecule has 1 heterocycles. The number of aromatic nitrogens is 2. The van der Waals surface area contributed by atoms with E-state index in [1.54, 1.807) is 7.11 Å². The first kappa shape index (κ1) is 15.3. The molecule has 0 aliphatic rings. The predicted octanol–water partition coefficient (Wildman–Crippen LogP) is 3.55. The smallest absolute Gasteiger partial charge is 0.227 e. The van der Waals surface area contributed by atoms with Crippen molar-refractivity contribution in [2.75, 3.05) is 19.0 Å². The lowest BCUT2D eigenvalue weighted by molar-refractivity contribution is 0.184. The van der Waals surface area contributed by atoms with Crippen molar-refractivity contribution >= 4 is 5.82 Å². The van der Waals surface area contributed by atoms with Crippen LogP contribution in [0.4, 0.5) is 5.82 Å². The molecule has 1 aromatic heterocycles. The number of hydrogen-bond acceptors (Lipinski definition) is 5. The van der Waals surface area contributed by atoms with Crippen LogP contribution in [0.5, 0.6) is 11.6 Å². The molecule has 21 heavy (non-hydrogen) atoms. The van der Waals surface area contributed by atoms with E-state index in [1.165, 1.54) is 6.33 Å². The molecule has 5 nitrogen and oxygen atoms in total. The van der Waals surface area contributed by atoms with Crippen LogP contribution in [0.25, 0.3) is 0 Å². The minimum absolute atomic E-state index is 0.559. The van der Waals surface area contributed by atoms with Crippen LogP contribution in [-0.2, 0) is 11.3 Å². The van der Waals surface area contributed by atoms with Crippen molar-refractivity contribution in [1.82, 2.24) is 9.97 Å². The fraction of sp³-hybridized carbons (Fsp3) is 0.375. The third-order valence-corrected chi connectivity index (χ3v) is 3.00. The second-order valence-corrected chi connectivity index (χ2v) is 4.76. The van der Waals surface area contributed by atoms with E-state index in [0.29, 0.717) is 12.5 Å². The topological polar surface area (TPSA) is 56.3 Å². The third-order valence-electron chi connectivity index (χ3n) is 3.00. The molecule has 1 aromatic carbocycles. The average Bonchev–Trinajstić information content (AvgIpc) is 2.49. The summed E-state index contributed by atoms with van der Waals surface area (Å²) in [4.78, 5) is 8.46. The van der Waals surface area contributed by atoms with Crippen LogP contribution in [0.2, 0.25) is 0 Å². The zero-order valence-corrected chi connectivity index (χ0v) is 12.7. The van der Waals surface area contributed by atoms with Gasteiger partial charge >= 0.3 is 0 Å². The molecule has 0 saturated heterocycles. The summed E-state index contributed by atoms with van der Waals surface area (Å²) in [5.41, 5.74) is 1.97. The van der Waals surface area contributed by atoms with Crippen molar-refractivity contribution in [3.63, 3.8) is 0 Å². The monoisotopic (exact) mass is 287 g/mol. The Hall–Kier alpha value is -2.14. The number of methoxy groups -OCH3 is 1. The number of rotatable bonds is 7. The van der Waals surface area contributed by atoms with E-state index >= 15 is 0 Å². The number of nitrogens with one attached hydrogen (secondary N) is 1. The maximum atomic E-state index is 5.87. The van der Waals surface area contributed by atoms with E-state index in [2.05, 4.69) is 22.2 Å². The van der Waals surface area contributed by atoms with Gasteiger partial charge in [0.2, 0.25) is 5.88 Å². The number of anilines is 1. The number of nitrogens with zero attached hydrogens (tertiary/aromatic N) is 2. The van der Waals surface area contributed by atoms with E-state index in [9.17, 15) is 0 Å². The van der Waals surface area contributed by atoms with Gasteiger partial charge in [0.15, 0.2) is 0 Å². The molecule has 0 amide bonds. The van der Waals surface area contributed by atoms with Crippen LogP contribution < -0.4 is 10.1 Å². The van der Waals surface area contributed by atoms with Gasteiger partial charge in [0, 0.05) is 13.7 Å². The molecular weight excluding hydrogens is 266 g/mol. The minimum Gasteiger partial charge on any atom is -0.439 e. The summed E-state index contributed by atoms with van der Waals surface area (Å²) in [6.45, 7) is 5.50. The highest BCUT2D eigenvalue weighted by Crippen LogP contribution is 2.26. The van der Waals surface area contributed by atoms with E-state index in [-0.39, 0.29) is 0 Å². The maximum Gasteiger partial charge on any atom is 0.227 e. The van der Waals surface area contributed by atoms with Gasteiger partial charge in [-0.15, -0.1) is 0 Å². The summed E-state index contributed by atoms with van der Waals surface area (Å²) in [6, 6.07) is 7.79. The molecule has 5 heteroatoms.